The van der Waals surface area contributed by atoms with Crippen molar-refractivity contribution < 1.29 is 23.9 Å². The maximum atomic E-state index is 12.1. The Kier molecular flexibility index (Phi) is 4.80. The highest BCUT2D eigenvalue weighted by atomic mass is 16.5. The van der Waals surface area contributed by atoms with Crippen LogP contribution in [0, 0.1) is 0 Å². The molecule has 7 nitrogen and oxygen atoms in total. The van der Waals surface area contributed by atoms with Crippen LogP contribution in [0.5, 0.6) is 11.5 Å². The van der Waals surface area contributed by atoms with E-state index in [0.717, 1.165) is 12.2 Å². The number of ether oxygens (including phenoxy) is 2. The third kappa shape index (κ3) is 3.76. The molecular formula is C16H16N2O5. The lowest BCUT2D eigenvalue weighted by Gasteiger charge is -2.16. The molecule has 0 saturated carbocycles. The van der Waals surface area contributed by atoms with Crippen LogP contribution in [-0.2, 0) is 14.4 Å². The van der Waals surface area contributed by atoms with Gasteiger partial charge in [0, 0.05) is 25.1 Å². The molecule has 0 bridgehead atoms. The van der Waals surface area contributed by atoms with Crippen molar-refractivity contribution in [2.24, 2.45) is 0 Å². The summed E-state index contributed by atoms with van der Waals surface area (Å²) in [6.07, 6.45) is 2.21. The summed E-state index contributed by atoms with van der Waals surface area (Å²) < 4.78 is 10.3. The van der Waals surface area contributed by atoms with Crippen molar-refractivity contribution in [1.29, 1.82) is 0 Å². The van der Waals surface area contributed by atoms with Crippen LogP contribution in [0.15, 0.2) is 41.7 Å². The fraction of sp³-hybridized carbons (Fsp3) is 0.188. The Balaban J connectivity index is 2.26. The van der Waals surface area contributed by atoms with Crippen molar-refractivity contribution in [2.75, 3.05) is 19.5 Å². The van der Waals surface area contributed by atoms with Crippen LogP contribution in [-0.4, -0.2) is 31.7 Å². The normalized spacial score (nSPS) is 13.9. The maximum Gasteiger partial charge on any atom is 0.221 e. The SMILES string of the molecule is COc1ccc(OC)c(NC2=CC(=O)C(NC(C)=O)=CC2=O)c1. The molecule has 0 heterocycles. The molecule has 0 spiro atoms. The first-order chi connectivity index (χ1) is 10.9. The van der Waals surface area contributed by atoms with Crippen LogP contribution in [0.3, 0.4) is 0 Å². The summed E-state index contributed by atoms with van der Waals surface area (Å²) in [6.45, 7) is 1.26. The fourth-order valence-electron chi connectivity index (χ4n) is 2.00. The van der Waals surface area contributed by atoms with Crippen molar-refractivity contribution in [3.05, 3.63) is 41.7 Å². The van der Waals surface area contributed by atoms with E-state index < -0.39 is 17.5 Å². The minimum Gasteiger partial charge on any atom is -0.497 e. The molecule has 0 unspecified atom stereocenters. The van der Waals surface area contributed by atoms with Gasteiger partial charge in [-0.2, -0.15) is 0 Å². The van der Waals surface area contributed by atoms with Crippen molar-refractivity contribution >= 4 is 23.2 Å². The van der Waals surface area contributed by atoms with Crippen LogP contribution in [0.4, 0.5) is 5.69 Å². The van der Waals surface area contributed by atoms with Crippen molar-refractivity contribution in [1.82, 2.24) is 5.32 Å². The molecule has 0 atom stereocenters. The zero-order valence-electron chi connectivity index (χ0n) is 12.9. The first-order valence-corrected chi connectivity index (χ1v) is 6.73. The van der Waals surface area contributed by atoms with E-state index in [1.165, 1.54) is 21.1 Å². The second kappa shape index (κ2) is 6.78. The number of hydrogen-bond donors (Lipinski definition) is 2. The summed E-state index contributed by atoms with van der Waals surface area (Å²) in [4.78, 5) is 35.1. The van der Waals surface area contributed by atoms with E-state index in [-0.39, 0.29) is 11.4 Å². The number of amides is 1. The molecule has 0 radical (unpaired) electrons. The van der Waals surface area contributed by atoms with Crippen LogP contribution in [0.25, 0.3) is 0 Å². The number of allylic oxidation sites excluding steroid dienone is 2. The second-order valence-electron chi connectivity index (χ2n) is 4.72. The molecule has 2 rings (SSSR count). The maximum absolute atomic E-state index is 12.1. The number of hydrogen-bond acceptors (Lipinski definition) is 6. The van der Waals surface area contributed by atoms with E-state index in [2.05, 4.69) is 10.6 Å². The average Bonchev–Trinajstić information content (AvgIpc) is 2.51. The molecule has 1 aliphatic rings. The van der Waals surface area contributed by atoms with Gasteiger partial charge in [-0.1, -0.05) is 0 Å². The molecule has 1 aromatic carbocycles. The number of anilines is 1. The Bertz CT molecular complexity index is 734. The Morgan fingerprint density at radius 2 is 1.65 bits per heavy atom. The minimum absolute atomic E-state index is 0.0503. The first-order valence-electron chi connectivity index (χ1n) is 6.73. The largest absolute Gasteiger partial charge is 0.497 e. The molecule has 1 amide bonds. The van der Waals surface area contributed by atoms with E-state index in [1.807, 2.05) is 0 Å². The van der Waals surface area contributed by atoms with Gasteiger partial charge >= 0.3 is 0 Å². The number of carbonyl (C=O) groups excluding carboxylic acids is 3. The van der Waals surface area contributed by atoms with Gasteiger partial charge in [-0.15, -0.1) is 0 Å². The molecule has 2 N–H and O–H groups in total. The predicted molar refractivity (Wildman–Crippen MR) is 83.2 cm³/mol. The van der Waals surface area contributed by atoms with Crippen LogP contribution in [0.2, 0.25) is 0 Å². The van der Waals surface area contributed by atoms with E-state index in [4.69, 9.17) is 9.47 Å². The highest BCUT2D eigenvalue weighted by Gasteiger charge is 2.22. The Hall–Kier alpha value is -3.09. The lowest BCUT2D eigenvalue weighted by Crippen LogP contribution is -2.29. The minimum atomic E-state index is -0.468. The molecule has 0 fully saturated rings. The van der Waals surface area contributed by atoms with Gasteiger partial charge in [-0.25, -0.2) is 0 Å². The summed E-state index contributed by atoms with van der Waals surface area (Å²) in [5.74, 6) is -0.263. The Morgan fingerprint density at radius 1 is 1.00 bits per heavy atom. The number of methoxy groups -OCH3 is 2. The summed E-state index contributed by atoms with van der Waals surface area (Å²) in [7, 11) is 3.01. The molecule has 0 saturated heterocycles. The molecule has 23 heavy (non-hydrogen) atoms. The van der Waals surface area contributed by atoms with Gasteiger partial charge in [0.25, 0.3) is 0 Å². The summed E-state index contributed by atoms with van der Waals surface area (Å²) in [6, 6.07) is 5.03. The fourth-order valence-corrected chi connectivity index (χ4v) is 2.00. The van der Waals surface area contributed by atoms with Crippen molar-refractivity contribution in [3.8, 4) is 11.5 Å². The smallest absolute Gasteiger partial charge is 0.221 e. The summed E-state index contributed by atoms with van der Waals surface area (Å²) >= 11 is 0. The van der Waals surface area contributed by atoms with Gasteiger partial charge in [0.2, 0.25) is 17.5 Å². The van der Waals surface area contributed by atoms with Crippen LogP contribution >= 0.6 is 0 Å². The summed E-state index contributed by atoms with van der Waals surface area (Å²) in [5, 5.41) is 5.18. The Labute approximate surface area is 133 Å². The highest BCUT2D eigenvalue weighted by Crippen LogP contribution is 2.30. The molecule has 1 aromatic rings. The third-order valence-electron chi connectivity index (χ3n) is 3.07. The molecule has 7 heteroatoms. The lowest BCUT2D eigenvalue weighted by atomic mass is 10.1. The molecular weight excluding hydrogens is 300 g/mol. The molecule has 120 valence electrons. The number of carbonyl (C=O) groups is 3. The number of rotatable bonds is 5. The Morgan fingerprint density at radius 3 is 2.26 bits per heavy atom. The highest BCUT2D eigenvalue weighted by molar-refractivity contribution is 6.21. The van der Waals surface area contributed by atoms with E-state index >= 15 is 0 Å². The molecule has 0 aromatic heterocycles. The average molecular weight is 316 g/mol. The van der Waals surface area contributed by atoms with Gasteiger partial charge in [0.15, 0.2) is 0 Å². The monoisotopic (exact) mass is 316 g/mol. The van der Waals surface area contributed by atoms with Gasteiger partial charge in [-0.3, -0.25) is 14.4 Å². The van der Waals surface area contributed by atoms with Gasteiger partial charge in [0.1, 0.15) is 11.5 Å². The molecule has 1 aliphatic carbocycles. The van der Waals surface area contributed by atoms with Crippen LogP contribution in [0.1, 0.15) is 6.92 Å². The van der Waals surface area contributed by atoms with Gasteiger partial charge < -0.3 is 20.1 Å². The topological polar surface area (TPSA) is 93.7 Å². The molecule has 0 aliphatic heterocycles. The van der Waals surface area contributed by atoms with Crippen molar-refractivity contribution in [2.45, 2.75) is 6.92 Å². The first kappa shape index (κ1) is 16.3. The van der Waals surface area contributed by atoms with Crippen molar-refractivity contribution in [3.63, 3.8) is 0 Å². The van der Waals surface area contributed by atoms with E-state index in [1.54, 1.807) is 18.2 Å². The van der Waals surface area contributed by atoms with E-state index in [9.17, 15) is 14.4 Å². The van der Waals surface area contributed by atoms with Gasteiger partial charge in [0.05, 0.1) is 31.3 Å². The van der Waals surface area contributed by atoms with Crippen LogP contribution < -0.4 is 20.1 Å². The zero-order chi connectivity index (χ0) is 17.0. The third-order valence-corrected chi connectivity index (χ3v) is 3.07. The lowest BCUT2D eigenvalue weighted by molar-refractivity contribution is -0.120. The standard InChI is InChI=1S/C16H16N2O5/c1-9(19)17-11-7-15(21)12(8-14(11)20)18-13-6-10(22-2)4-5-16(13)23-3/h4-8,18H,1-3H3,(H,17,19). The zero-order valence-corrected chi connectivity index (χ0v) is 12.9. The quantitative estimate of drug-likeness (QED) is 0.792. The second-order valence-corrected chi connectivity index (χ2v) is 4.72. The van der Waals surface area contributed by atoms with Gasteiger partial charge in [-0.05, 0) is 12.1 Å². The number of nitrogens with one attached hydrogen (secondary N) is 2. The van der Waals surface area contributed by atoms with E-state index in [0.29, 0.717) is 17.2 Å². The number of benzene rings is 1. The predicted octanol–water partition coefficient (Wildman–Crippen LogP) is 1.17. The number of ketones is 2. The summed E-state index contributed by atoms with van der Waals surface area (Å²) in [5.41, 5.74) is 0.511.